The Balaban J connectivity index is 1.81. The summed E-state index contributed by atoms with van der Waals surface area (Å²) in [4.78, 5) is 18.5. The minimum absolute atomic E-state index is 0.0337. The number of aromatic nitrogens is 2. The van der Waals surface area contributed by atoms with E-state index in [1.165, 1.54) is 0 Å². The van der Waals surface area contributed by atoms with Crippen molar-refractivity contribution in [3.05, 3.63) is 42.0 Å². The van der Waals surface area contributed by atoms with Gasteiger partial charge < -0.3 is 19.9 Å². The summed E-state index contributed by atoms with van der Waals surface area (Å²) < 4.78 is 7.16. The molecule has 1 aliphatic rings. The van der Waals surface area contributed by atoms with Crippen molar-refractivity contribution in [3.63, 3.8) is 0 Å². The zero-order valence-electron chi connectivity index (χ0n) is 11.2. The van der Waals surface area contributed by atoms with Gasteiger partial charge in [-0.15, -0.1) is 0 Å². The molecule has 0 atom stereocenters. The van der Waals surface area contributed by atoms with Crippen LogP contribution in [0, 0.1) is 0 Å². The van der Waals surface area contributed by atoms with Gasteiger partial charge in [-0.1, -0.05) is 0 Å². The van der Waals surface area contributed by atoms with Crippen LogP contribution in [0.5, 0.6) is 5.75 Å². The van der Waals surface area contributed by atoms with Crippen LogP contribution in [0.15, 0.2) is 30.6 Å². The molecule has 0 saturated heterocycles. The predicted octanol–water partition coefficient (Wildman–Crippen LogP) is 1.13. The second-order valence-corrected chi connectivity index (χ2v) is 4.72. The lowest BCUT2D eigenvalue weighted by molar-refractivity contribution is 0.0707. The topological polar surface area (TPSA) is 73.4 Å². The highest BCUT2D eigenvalue weighted by Crippen LogP contribution is 2.23. The number of hydrogen-bond donors (Lipinski definition) is 1. The number of benzene rings is 1. The molecule has 1 aromatic carbocycles. The summed E-state index contributed by atoms with van der Waals surface area (Å²) in [7, 11) is 1.55. The van der Waals surface area contributed by atoms with Crippen molar-refractivity contribution < 1.29 is 9.53 Å². The Morgan fingerprint density at radius 1 is 1.40 bits per heavy atom. The fraction of sp³-hybridized carbons (Fsp3) is 0.286. The van der Waals surface area contributed by atoms with Gasteiger partial charge in [-0.25, -0.2) is 4.98 Å². The van der Waals surface area contributed by atoms with Gasteiger partial charge in [-0.05, 0) is 18.2 Å². The van der Waals surface area contributed by atoms with Gasteiger partial charge in [0.05, 0.1) is 19.3 Å². The number of nitrogen functional groups attached to an aromatic ring is 1. The molecule has 0 radical (unpaired) electrons. The lowest BCUT2D eigenvalue weighted by atomic mass is 10.1. The Bertz CT molecular complexity index is 650. The molecule has 2 heterocycles. The fourth-order valence-corrected chi connectivity index (χ4v) is 2.40. The van der Waals surface area contributed by atoms with Gasteiger partial charge in [0.25, 0.3) is 5.91 Å². The Morgan fingerprint density at radius 2 is 2.25 bits per heavy atom. The Morgan fingerprint density at radius 3 is 3.00 bits per heavy atom. The van der Waals surface area contributed by atoms with Crippen LogP contribution in [0.2, 0.25) is 0 Å². The number of methoxy groups -OCH3 is 1. The number of amides is 1. The zero-order chi connectivity index (χ0) is 14.1. The lowest BCUT2D eigenvalue weighted by Gasteiger charge is -2.27. The molecule has 0 fully saturated rings. The fourth-order valence-electron chi connectivity index (χ4n) is 2.40. The first-order chi connectivity index (χ1) is 9.69. The first kappa shape index (κ1) is 12.5. The molecule has 0 bridgehead atoms. The maximum absolute atomic E-state index is 12.5. The van der Waals surface area contributed by atoms with Crippen LogP contribution >= 0.6 is 0 Å². The molecule has 6 heteroatoms. The number of carbonyl (C=O) groups is 1. The van der Waals surface area contributed by atoms with Gasteiger partial charge in [-0.3, -0.25) is 4.79 Å². The van der Waals surface area contributed by atoms with Crippen molar-refractivity contribution in [2.75, 3.05) is 19.4 Å². The summed E-state index contributed by atoms with van der Waals surface area (Å²) in [5.74, 6) is 1.45. The maximum atomic E-state index is 12.5. The molecule has 0 spiro atoms. The molecular weight excluding hydrogens is 256 g/mol. The number of anilines is 1. The van der Waals surface area contributed by atoms with Crippen molar-refractivity contribution in [2.45, 2.75) is 13.1 Å². The van der Waals surface area contributed by atoms with Crippen molar-refractivity contribution >= 4 is 11.6 Å². The highest BCUT2D eigenvalue weighted by molar-refractivity contribution is 5.95. The number of hydrogen-bond acceptors (Lipinski definition) is 4. The van der Waals surface area contributed by atoms with Crippen LogP contribution in [0.3, 0.4) is 0 Å². The number of ether oxygens (including phenoxy) is 1. The van der Waals surface area contributed by atoms with E-state index in [4.69, 9.17) is 10.5 Å². The van der Waals surface area contributed by atoms with E-state index in [0.717, 1.165) is 12.4 Å². The van der Waals surface area contributed by atoms with E-state index in [0.29, 0.717) is 30.1 Å². The van der Waals surface area contributed by atoms with E-state index >= 15 is 0 Å². The predicted molar refractivity (Wildman–Crippen MR) is 74.4 cm³/mol. The molecule has 1 aromatic heterocycles. The minimum Gasteiger partial charge on any atom is -0.495 e. The first-order valence-corrected chi connectivity index (χ1v) is 6.42. The third-order valence-electron chi connectivity index (χ3n) is 3.51. The number of carbonyl (C=O) groups excluding carboxylic acids is 1. The van der Waals surface area contributed by atoms with Gasteiger partial charge >= 0.3 is 0 Å². The van der Waals surface area contributed by atoms with Gasteiger partial charge in [-0.2, -0.15) is 0 Å². The van der Waals surface area contributed by atoms with Gasteiger partial charge in [0.15, 0.2) is 0 Å². The van der Waals surface area contributed by atoms with Gasteiger partial charge in [0, 0.05) is 31.0 Å². The summed E-state index contributed by atoms with van der Waals surface area (Å²) in [6, 6.07) is 5.11. The molecule has 20 heavy (non-hydrogen) atoms. The van der Waals surface area contributed by atoms with Crippen molar-refractivity contribution in [1.29, 1.82) is 0 Å². The summed E-state index contributed by atoms with van der Waals surface area (Å²) in [6.45, 7) is 1.97. The molecule has 0 saturated carbocycles. The molecule has 2 aromatic rings. The van der Waals surface area contributed by atoms with Crippen LogP contribution < -0.4 is 10.5 Å². The summed E-state index contributed by atoms with van der Waals surface area (Å²) in [6.07, 6.45) is 3.69. The van der Waals surface area contributed by atoms with E-state index in [2.05, 4.69) is 9.55 Å². The Labute approximate surface area is 116 Å². The summed E-state index contributed by atoms with van der Waals surface area (Å²) in [5, 5.41) is 0. The number of fused-ring (bicyclic) bond motifs is 1. The lowest BCUT2D eigenvalue weighted by Crippen LogP contribution is -2.38. The highest BCUT2D eigenvalue weighted by atomic mass is 16.5. The number of nitrogens with two attached hydrogens (primary N) is 1. The summed E-state index contributed by atoms with van der Waals surface area (Å²) >= 11 is 0. The molecule has 0 aliphatic carbocycles. The number of nitrogens with zero attached hydrogens (tertiary/aromatic N) is 3. The number of imidazole rings is 1. The van der Waals surface area contributed by atoms with E-state index in [-0.39, 0.29) is 5.91 Å². The van der Waals surface area contributed by atoms with Crippen LogP contribution in [0.1, 0.15) is 16.2 Å². The van der Waals surface area contributed by atoms with E-state index in [1.54, 1.807) is 36.4 Å². The third-order valence-corrected chi connectivity index (χ3v) is 3.51. The van der Waals surface area contributed by atoms with E-state index in [1.807, 2.05) is 6.20 Å². The van der Waals surface area contributed by atoms with Crippen molar-refractivity contribution in [1.82, 2.24) is 14.5 Å². The normalized spacial score (nSPS) is 13.9. The smallest absolute Gasteiger partial charge is 0.254 e. The molecule has 1 amide bonds. The van der Waals surface area contributed by atoms with Crippen molar-refractivity contribution in [3.8, 4) is 5.75 Å². The monoisotopic (exact) mass is 272 g/mol. The van der Waals surface area contributed by atoms with Crippen LogP contribution in [0.25, 0.3) is 0 Å². The van der Waals surface area contributed by atoms with Gasteiger partial charge in [0.1, 0.15) is 11.6 Å². The summed E-state index contributed by atoms with van der Waals surface area (Å²) in [5.41, 5.74) is 6.89. The molecule has 0 unspecified atom stereocenters. The van der Waals surface area contributed by atoms with Crippen LogP contribution in [0.4, 0.5) is 5.69 Å². The molecule has 3 rings (SSSR count). The van der Waals surface area contributed by atoms with Gasteiger partial charge in [0.2, 0.25) is 0 Å². The first-order valence-electron chi connectivity index (χ1n) is 6.42. The van der Waals surface area contributed by atoms with Crippen molar-refractivity contribution in [2.24, 2.45) is 0 Å². The molecular formula is C14H16N4O2. The molecule has 1 aliphatic heterocycles. The minimum atomic E-state index is -0.0337. The molecule has 2 N–H and O–H groups in total. The average molecular weight is 272 g/mol. The third kappa shape index (κ3) is 2.09. The highest BCUT2D eigenvalue weighted by Gasteiger charge is 2.22. The number of rotatable bonds is 2. The zero-order valence-corrected chi connectivity index (χ0v) is 11.2. The molecule has 6 nitrogen and oxygen atoms in total. The largest absolute Gasteiger partial charge is 0.495 e. The van der Waals surface area contributed by atoms with E-state index < -0.39 is 0 Å². The second kappa shape index (κ2) is 4.88. The Kier molecular flexibility index (Phi) is 3.06. The maximum Gasteiger partial charge on any atom is 0.254 e. The Hall–Kier alpha value is -2.50. The SMILES string of the molecule is COc1ccc(C(=O)N2CCn3ccnc3C2)cc1N. The van der Waals surface area contributed by atoms with E-state index in [9.17, 15) is 4.79 Å². The average Bonchev–Trinajstić information content (AvgIpc) is 2.93. The van der Waals surface area contributed by atoms with Crippen LogP contribution in [-0.2, 0) is 13.1 Å². The standard InChI is InChI=1S/C14H16N4O2/c1-20-12-3-2-10(8-11(12)15)14(19)18-7-6-17-5-4-16-13(17)9-18/h2-5,8H,6-7,9,15H2,1H3. The second-order valence-electron chi connectivity index (χ2n) is 4.72. The molecule has 104 valence electrons. The van der Waals surface area contributed by atoms with Crippen LogP contribution in [-0.4, -0.2) is 34.0 Å². The quantitative estimate of drug-likeness (QED) is 0.832.